The van der Waals surface area contributed by atoms with Crippen molar-refractivity contribution in [2.75, 3.05) is 13.3 Å². The van der Waals surface area contributed by atoms with E-state index in [9.17, 15) is 24.9 Å². The molecule has 0 spiro atoms. The Morgan fingerprint density at radius 2 is 1.67 bits per heavy atom. The minimum Gasteiger partial charge on any atom is -0.544 e. The van der Waals surface area contributed by atoms with E-state index in [1.165, 1.54) is 0 Å². The third kappa shape index (κ3) is 7.23. The summed E-state index contributed by atoms with van der Waals surface area (Å²) in [7, 11) is 0. The van der Waals surface area contributed by atoms with Gasteiger partial charge in [-0.2, -0.15) is 0 Å². The summed E-state index contributed by atoms with van der Waals surface area (Å²) < 4.78 is -0.359. The largest absolute Gasteiger partial charge is 1.00 e. The quantitative estimate of drug-likeness (QED) is 0.135. The molecule has 2 N–H and O–H groups in total. The Bertz CT molecular complexity index is 378. The van der Waals surface area contributed by atoms with Gasteiger partial charge in [0.1, 0.15) is 6.04 Å². The van der Waals surface area contributed by atoms with Crippen LogP contribution in [0.5, 0.6) is 0 Å². The molecule has 0 aromatic carbocycles. The molecule has 0 heterocycles. The smallest absolute Gasteiger partial charge is 0.544 e. The van der Waals surface area contributed by atoms with Crippen LogP contribution in [0.25, 0.3) is 0 Å². The third-order valence-corrected chi connectivity index (χ3v) is 4.43. The molecule has 0 rings (SSSR count). The number of aliphatic carboxylic acids is 2. The number of aliphatic hydroxyl groups is 1. The van der Waals surface area contributed by atoms with Crippen LogP contribution in [0.4, 0.5) is 0 Å². The average molecular weight is 352 g/mol. The number of carbonyl (C=O) groups excluding carboxylic acids is 1. The molecule has 0 aliphatic rings. The van der Waals surface area contributed by atoms with Gasteiger partial charge in [0.05, 0.1) is 12.5 Å². The minimum absolute atomic E-state index is 0. The van der Waals surface area contributed by atoms with Crippen LogP contribution in [0.2, 0.25) is 0 Å². The van der Waals surface area contributed by atoms with Crippen LogP contribution in [-0.2, 0) is 9.59 Å². The maximum Gasteiger partial charge on any atom is 1.00 e. The first kappa shape index (κ1) is 25.8. The van der Waals surface area contributed by atoms with E-state index >= 15 is 0 Å². The molecular formula is C17H31NNaO5+. The van der Waals surface area contributed by atoms with Gasteiger partial charge in [-0.15, -0.1) is 0 Å². The van der Waals surface area contributed by atoms with Crippen molar-refractivity contribution in [3.05, 3.63) is 12.2 Å². The molecule has 0 radical (unpaired) electrons. The monoisotopic (exact) mass is 352 g/mol. The first-order valence-corrected chi connectivity index (χ1v) is 8.47. The van der Waals surface area contributed by atoms with Crippen molar-refractivity contribution < 1.29 is 58.9 Å². The van der Waals surface area contributed by atoms with E-state index in [2.05, 4.69) is 19.1 Å². The van der Waals surface area contributed by atoms with Gasteiger partial charge in [-0.3, -0.25) is 4.48 Å². The number of allylic oxidation sites excluding steroid dienone is 2. The number of hydrogen-bond donors (Lipinski definition) is 2. The molecule has 0 bridgehead atoms. The molecule has 7 heteroatoms. The minimum atomic E-state index is -1.30. The van der Waals surface area contributed by atoms with E-state index in [1.807, 2.05) is 0 Å². The molecule has 0 saturated carbocycles. The molecule has 0 aliphatic carbocycles. The maximum absolute atomic E-state index is 11.6. The van der Waals surface area contributed by atoms with Crippen molar-refractivity contribution in [3.63, 3.8) is 0 Å². The van der Waals surface area contributed by atoms with Gasteiger partial charge in [-0.05, 0) is 25.7 Å². The van der Waals surface area contributed by atoms with Crippen LogP contribution in [0.3, 0.4) is 0 Å². The van der Waals surface area contributed by atoms with Gasteiger partial charge in [0, 0.05) is 12.8 Å². The van der Waals surface area contributed by atoms with Crippen molar-refractivity contribution in [3.8, 4) is 0 Å². The normalized spacial score (nSPS) is 16.2. The van der Waals surface area contributed by atoms with Gasteiger partial charge in [0.2, 0.25) is 0 Å². The van der Waals surface area contributed by atoms with Crippen molar-refractivity contribution in [1.82, 2.24) is 0 Å². The van der Waals surface area contributed by atoms with Crippen molar-refractivity contribution in [2.24, 2.45) is 0 Å². The van der Waals surface area contributed by atoms with E-state index in [4.69, 9.17) is 0 Å². The summed E-state index contributed by atoms with van der Waals surface area (Å²) in [6, 6.07) is -1.97. The molecule has 3 unspecified atom stereocenters. The van der Waals surface area contributed by atoms with Gasteiger partial charge < -0.3 is 20.1 Å². The fourth-order valence-corrected chi connectivity index (χ4v) is 3.25. The van der Waals surface area contributed by atoms with E-state index in [0.717, 1.165) is 19.3 Å². The fourth-order valence-electron chi connectivity index (χ4n) is 3.25. The van der Waals surface area contributed by atoms with Crippen LogP contribution in [0.1, 0.15) is 59.3 Å². The predicted molar refractivity (Wildman–Crippen MR) is 86.3 cm³/mol. The number of hydrogen-bond acceptors (Lipinski definition) is 4. The molecule has 3 atom stereocenters. The summed E-state index contributed by atoms with van der Waals surface area (Å²) in [5.74, 6) is -2.38. The number of carboxylic acid groups (broad SMARTS) is 2. The number of unbranched alkanes of at least 4 members (excludes halogenated alkanes) is 2. The molecule has 6 nitrogen and oxygen atoms in total. The Morgan fingerprint density at radius 1 is 1.08 bits per heavy atom. The molecular weight excluding hydrogens is 321 g/mol. The van der Waals surface area contributed by atoms with Crippen LogP contribution in [-0.4, -0.2) is 52.0 Å². The molecule has 134 valence electrons. The van der Waals surface area contributed by atoms with E-state index in [-0.39, 0.29) is 46.9 Å². The second kappa shape index (κ2) is 13.8. The van der Waals surface area contributed by atoms with Crippen LogP contribution in [0.15, 0.2) is 12.2 Å². The average Bonchev–Trinajstić information content (AvgIpc) is 2.50. The Kier molecular flexibility index (Phi) is 14.9. The first-order valence-electron chi connectivity index (χ1n) is 8.47. The maximum atomic E-state index is 11.6. The number of quaternary nitrogens is 1. The summed E-state index contributed by atoms with van der Waals surface area (Å²) in [5, 5.41) is 30.9. The Labute approximate surface area is 167 Å². The molecule has 0 aromatic heterocycles. The molecule has 0 saturated heterocycles. The van der Waals surface area contributed by atoms with E-state index in [0.29, 0.717) is 13.0 Å². The Hall–Kier alpha value is -0.400. The zero-order chi connectivity index (χ0) is 17.9. The summed E-state index contributed by atoms with van der Waals surface area (Å²) in [6.07, 6.45) is 7.94. The fraction of sp³-hybridized carbons (Fsp3) is 0.765. The van der Waals surface area contributed by atoms with Crippen molar-refractivity contribution >= 4 is 11.9 Å². The summed E-state index contributed by atoms with van der Waals surface area (Å²) in [4.78, 5) is 23.1. The van der Waals surface area contributed by atoms with Crippen molar-refractivity contribution in [1.29, 1.82) is 0 Å². The van der Waals surface area contributed by atoms with Gasteiger partial charge in [0.25, 0.3) is 0 Å². The SMILES string of the molecule is CC/C=C/CCCC[N+](CO)(C(CC)C(=O)[O-])C(CC)C(=O)O.[Na+]. The third-order valence-electron chi connectivity index (χ3n) is 4.43. The Balaban J connectivity index is 0. The van der Waals surface area contributed by atoms with Gasteiger partial charge in [0.15, 0.2) is 12.8 Å². The van der Waals surface area contributed by atoms with E-state index in [1.54, 1.807) is 13.8 Å². The topological polar surface area (TPSA) is 97.7 Å². The van der Waals surface area contributed by atoms with Crippen LogP contribution < -0.4 is 34.7 Å². The summed E-state index contributed by atoms with van der Waals surface area (Å²) >= 11 is 0. The molecule has 0 aliphatic heterocycles. The number of carbonyl (C=O) groups is 2. The molecule has 0 aromatic rings. The predicted octanol–water partition coefficient (Wildman–Crippen LogP) is -1.71. The number of nitrogens with zero attached hydrogens (tertiary/aromatic N) is 1. The summed E-state index contributed by atoms with van der Waals surface area (Å²) in [5.41, 5.74) is 0. The zero-order valence-electron chi connectivity index (χ0n) is 15.5. The van der Waals surface area contributed by atoms with Crippen molar-refractivity contribution in [2.45, 2.75) is 71.4 Å². The number of aliphatic hydroxyl groups excluding tert-OH is 1. The second-order valence-corrected chi connectivity index (χ2v) is 5.85. The van der Waals surface area contributed by atoms with Crippen LogP contribution >= 0.6 is 0 Å². The standard InChI is InChI=1S/C17H31NO5.Na/c1-4-7-8-9-10-11-12-18(13-19,14(5-2)16(20)21)15(6-3)17(22)23;/h7-8,14-15,19H,4-6,9-13H2,1-3H3,(H-,20,21,22,23);/q;+1/b8-7+;. The molecule has 0 amide bonds. The summed E-state index contributed by atoms with van der Waals surface area (Å²) in [6.45, 7) is 5.24. The molecule has 0 fully saturated rings. The van der Waals surface area contributed by atoms with Gasteiger partial charge in [-0.1, -0.05) is 32.9 Å². The number of carboxylic acids is 2. The molecule has 24 heavy (non-hydrogen) atoms. The zero-order valence-corrected chi connectivity index (χ0v) is 17.5. The number of rotatable bonds is 13. The van der Waals surface area contributed by atoms with E-state index < -0.39 is 30.8 Å². The first-order chi connectivity index (χ1) is 10.9. The van der Waals surface area contributed by atoms with Crippen LogP contribution in [0, 0.1) is 0 Å². The van der Waals surface area contributed by atoms with Gasteiger partial charge >= 0.3 is 35.5 Å². The second-order valence-electron chi connectivity index (χ2n) is 5.85. The van der Waals surface area contributed by atoms with Gasteiger partial charge in [-0.25, -0.2) is 4.79 Å². The Morgan fingerprint density at radius 3 is 2.04 bits per heavy atom.